The number of hydrogen-bond acceptors (Lipinski definition) is 4. The lowest BCUT2D eigenvalue weighted by molar-refractivity contribution is -0.143. The van der Waals surface area contributed by atoms with Crippen molar-refractivity contribution in [2.24, 2.45) is 0 Å². The highest BCUT2D eigenvalue weighted by atomic mass is 35.5. The number of nitrogens with one attached hydrogen (secondary N) is 1. The van der Waals surface area contributed by atoms with Crippen LogP contribution in [0, 0.1) is 0 Å². The van der Waals surface area contributed by atoms with Crippen LogP contribution in [0.3, 0.4) is 0 Å². The van der Waals surface area contributed by atoms with Gasteiger partial charge in [0.25, 0.3) is 0 Å². The lowest BCUT2D eigenvalue weighted by Gasteiger charge is -2.38. The van der Waals surface area contributed by atoms with Crippen LogP contribution in [-0.2, 0) is 11.4 Å². The van der Waals surface area contributed by atoms with Crippen LogP contribution in [0.5, 0.6) is 5.75 Å². The molecule has 1 atom stereocenters. The van der Waals surface area contributed by atoms with Gasteiger partial charge in [-0.1, -0.05) is 41.9 Å². The van der Waals surface area contributed by atoms with Crippen LogP contribution < -0.4 is 9.64 Å². The van der Waals surface area contributed by atoms with Crippen molar-refractivity contribution < 1.29 is 14.6 Å². The number of carboxylic acids is 1. The first-order valence-electron chi connectivity index (χ1n) is 11.3. The Labute approximate surface area is 203 Å². The smallest absolute Gasteiger partial charge is 0.325 e. The average Bonchev–Trinajstić information content (AvgIpc) is 3.27. The van der Waals surface area contributed by atoms with E-state index in [1.807, 2.05) is 83.9 Å². The van der Waals surface area contributed by atoms with E-state index in [1.54, 1.807) is 0 Å². The number of fused-ring (bicyclic) bond motifs is 1. The summed E-state index contributed by atoms with van der Waals surface area (Å²) in [4.78, 5) is 19.9. The number of hydrogen-bond donors (Lipinski definition) is 2. The number of benzene rings is 3. The Morgan fingerprint density at radius 2 is 1.74 bits per heavy atom. The second kappa shape index (κ2) is 9.79. The maximum atomic E-state index is 12.3. The van der Waals surface area contributed by atoms with Crippen molar-refractivity contribution >= 4 is 34.2 Å². The summed E-state index contributed by atoms with van der Waals surface area (Å²) in [6.07, 6.45) is 1.82. The molecule has 3 aromatic carbocycles. The second-order valence-corrected chi connectivity index (χ2v) is 8.90. The Bertz CT molecular complexity index is 1270. The number of nitrogens with zero attached hydrogens (tertiary/aromatic N) is 2. The van der Waals surface area contributed by atoms with Crippen molar-refractivity contribution in [1.29, 1.82) is 0 Å². The summed E-state index contributed by atoms with van der Waals surface area (Å²) in [5, 5.41) is 11.7. The summed E-state index contributed by atoms with van der Waals surface area (Å²) in [7, 11) is 0. The number of piperazine rings is 1. The second-order valence-electron chi connectivity index (χ2n) is 8.47. The fourth-order valence-electron chi connectivity index (χ4n) is 4.56. The molecule has 1 saturated heterocycles. The predicted octanol–water partition coefficient (Wildman–Crippen LogP) is 5.35. The van der Waals surface area contributed by atoms with Gasteiger partial charge in [0.05, 0.1) is 0 Å². The Morgan fingerprint density at radius 1 is 1.00 bits per heavy atom. The number of anilines is 1. The molecular weight excluding hydrogens is 450 g/mol. The molecular formula is C27H26ClN3O3. The number of aliphatic carboxylic acids is 1. The van der Waals surface area contributed by atoms with Gasteiger partial charge in [-0.05, 0) is 42.0 Å². The molecule has 1 fully saturated rings. The van der Waals surface area contributed by atoms with Gasteiger partial charge in [0.2, 0.25) is 0 Å². The van der Waals surface area contributed by atoms with E-state index < -0.39 is 12.0 Å². The molecule has 0 amide bonds. The summed E-state index contributed by atoms with van der Waals surface area (Å²) < 4.78 is 5.93. The SMILES string of the molecule is O=C(O)[C@H](c1c[nH]c2cc(OCc3ccccc3)ccc12)N1CCN(c2ccc(Cl)cc2)CC1. The van der Waals surface area contributed by atoms with E-state index in [9.17, 15) is 9.90 Å². The number of halogens is 1. The monoisotopic (exact) mass is 475 g/mol. The van der Waals surface area contributed by atoms with Crippen LogP contribution in [0.2, 0.25) is 5.02 Å². The van der Waals surface area contributed by atoms with Crippen molar-refractivity contribution in [3.63, 3.8) is 0 Å². The molecule has 2 heterocycles. The van der Waals surface area contributed by atoms with Crippen LogP contribution in [0.1, 0.15) is 17.2 Å². The molecule has 1 aliphatic rings. The zero-order valence-corrected chi connectivity index (χ0v) is 19.4. The van der Waals surface area contributed by atoms with E-state index in [-0.39, 0.29) is 0 Å². The van der Waals surface area contributed by atoms with Crippen molar-refractivity contribution in [3.05, 3.63) is 95.1 Å². The first-order chi connectivity index (χ1) is 16.6. The van der Waals surface area contributed by atoms with Crippen LogP contribution in [0.4, 0.5) is 5.69 Å². The molecule has 2 N–H and O–H groups in total. The number of carboxylic acid groups (broad SMARTS) is 1. The summed E-state index contributed by atoms with van der Waals surface area (Å²) >= 11 is 6.01. The molecule has 0 aliphatic carbocycles. The van der Waals surface area contributed by atoms with Crippen molar-refractivity contribution in [2.75, 3.05) is 31.1 Å². The van der Waals surface area contributed by atoms with E-state index >= 15 is 0 Å². The molecule has 0 saturated carbocycles. The Kier molecular flexibility index (Phi) is 6.43. The minimum atomic E-state index is -0.842. The zero-order valence-electron chi connectivity index (χ0n) is 18.7. The van der Waals surface area contributed by atoms with Gasteiger partial charge in [-0.3, -0.25) is 9.69 Å². The van der Waals surface area contributed by atoms with Gasteiger partial charge < -0.3 is 19.7 Å². The third-order valence-corrected chi connectivity index (χ3v) is 6.59. The molecule has 0 unspecified atom stereocenters. The highest BCUT2D eigenvalue weighted by molar-refractivity contribution is 6.30. The highest BCUT2D eigenvalue weighted by Crippen LogP contribution is 2.32. The summed E-state index contributed by atoms with van der Waals surface area (Å²) in [6.45, 7) is 3.31. The number of rotatable bonds is 7. The minimum Gasteiger partial charge on any atom is -0.489 e. The van der Waals surface area contributed by atoms with Gasteiger partial charge in [-0.25, -0.2) is 0 Å². The van der Waals surface area contributed by atoms with E-state index in [1.165, 1.54) is 0 Å². The van der Waals surface area contributed by atoms with Crippen molar-refractivity contribution in [2.45, 2.75) is 12.6 Å². The molecule has 1 aliphatic heterocycles. The lowest BCUT2D eigenvalue weighted by atomic mass is 10.0. The van der Waals surface area contributed by atoms with Gasteiger partial charge in [0.15, 0.2) is 0 Å². The van der Waals surface area contributed by atoms with Gasteiger partial charge in [0.1, 0.15) is 18.4 Å². The van der Waals surface area contributed by atoms with Gasteiger partial charge in [-0.2, -0.15) is 0 Å². The van der Waals surface area contributed by atoms with Crippen molar-refractivity contribution in [1.82, 2.24) is 9.88 Å². The van der Waals surface area contributed by atoms with E-state index in [2.05, 4.69) is 9.88 Å². The number of aromatic amines is 1. The Morgan fingerprint density at radius 3 is 2.44 bits per heavy atom. The maximum Gasteiger partial charge on any atom is 0.325 e. The first kappa shape index (κ1) is 22.3. The predicted molar refractivity (Wildman–Crippen MR) is 135 cm³/mol. The zero-order chi connectivity index (χ0) is 23.5. The molecule has 174 valence electrons. The quantitative estimate of drug-likeness (QED) is 0.377. The number of carbonyl (C=O) groups is 1. The normalized spacial score (nSPS) is 15.4. The van der Waals surface area contributed by atoms with Crippen LogP contribution in [0.15, 0.2) is 79.0 Å². The highest BCUT2D eigenvalue weighted by Gasteiger charge is 2.32. The number of ether oxygens (including phenoxy) is 1. The molecule has 5 rings (SSSR count). The van der Waals surface area contributed by atoms with E-state index in [0.29, 0.717) is 24.7 Å². The minimum absolute atomic E-state index is 0.482. The lowest BCUT2D eigenvalue weighted by Crippen LogP contribution is -2.49. The summed E-state index contributed by atoms with van der Waals surface area (Å²) in [5.74, 6) is -0.0987. The maximum absolute atomic E-state index is 12.3. The number of aromatic nitrogens is 1. The molecule has 1 aromatic heterocycles. The summed E-state index contributed by atoms with van der Waals surface area (Å²) in [5.41, 5.74) is 3.84. The molecule has 0 spiro atoms. The van der Waals surface area contributed by atoms with E-state index in [0.717, 1.165) is 46.6 Å². The third kappa shape index (κ3) is 4.74. The van der Waals surface area contributed by atoms with Gasteiger partial charge in [-0.15, -0.1) is 0 Å². The summed E-state index contributed by atoms with van der Waals surface area (Å²) in [6, 6.07) is 22.8. The van der Waals surface area contributed by atoms with Gasteiger partial charge in [0, 0.05) is 65.6 Å². The standard InChI is InChI=1S/C27H26ClN3O3/c28-20-6-8-21(9-7-20)30-12-14-31(15-13-30)26(27(32)33)24-17-29-25-16-22(10-11-23(24)25)34-18-19-4-2-1-3-5-19/h1-11,16-17,26,29H,12-15,18H2,(H,32,33)/t26-/m0/s1. The van der Waals surface area contributed by atoms with Crippen LogP contribution in [0.25, 0.3) is 10.9 Å². The Hall–Kier alpha value is -3.48. The Balaban J connectivity index is 1.30. The van der Waals surface area contributed by atoms with Crippen molar-refractivity contribution in [3.8, 4) is 5.75 Å². The largest absolute Gasteiger partial charge is 0.489 e. The molecule has 0 bridgehead atoms. The molecule has 4 aromatic rings. The molecule has 34 heavy (non-hydrogen) atoms. The molecule has 0 radical (unpaired) electrons. The fraction of sp³-hybridized carbons (Fsp3) is 0.222. The fourth-order valence-corrected chi connectivity index (χ4v) is 4.69. The van der Waals surface area contributed by atoms with Gasteiger partial charge >= 0.3 is 5.97 Å². The molecule has 7 heteroatoms. The van der Waals surface area contributed by atoms with Crippen LogP contribution in [-0.4, -0.2) is 47.1 Å². The first-order valence-corrected chi connectivity index (χ1v) is 11.7. The topological polar surface area (TPSA) is 68.8 Å². The third-order valence-electron chi connectivity index (χ3n) is 6.33. The van der Waals surface area contributed by atoms with E-state index in [4.69, 9.17) is 16.3 Å². The number of H-pyrrole nitrogens is 1. The molecule has 6 nitrogen and oxygen atoms in total. The van der Waals surface area contributed by atoms with Crippen LogP contribution >= 0.6 is 11.6 Å². The average molecular weight is 476 g/mol.